The van der Waals surface area contributed by atoms with Crippen molar-refractivity contribution in [3.8, 4) is 0 Å². The first-order valence-corrected chi connectivity index (χ1v) is 9.01. The first-order valence-electron chi connectivity index (χ1n) is 7.50. The molecule has 0 saturated heterocycles. The maximum absolute atomic E-state index is 6.37. The monoisotopic (exact) mass is 415 g/mol. The van der Waals surface area contributed by atoms with E-state index in [1.54, 1.807) is 42.9 Å². The summed E-state index contributed by atoms with van der Waals surface area (Å²) < 4.78 is 8.05. The molecule has 3 rings (SSSR count). The molecule has 1 heterocycles. The van der Waals surface area contributed by atoms with Crippen molar-refractivity contribution in [1.29, 1.82) is 0 Å². The van der Waals surface area contributed by atoms with Gasteiger partial charge in [0.2, 0.25) is 0 Å². The number of benzene rings is 2. The Labute approximate surface area is 167 Å². The molecule has 2 aromatic carbocycles. The molecule has 1 aromatic heterocycles. The van der Waals surface area contributed by atoms with Crippen LogP contribution in [0.3, 0.4) is 0 Å². The minimum absolute atomic E-state index is 0. The highest BCUT2D eigenvalue weighted by Crippen LogP contribution is 2.32. The van der Waals surface area contributed by atoms with Crippen LogP contribution in [-0.2, 0) is 17.9 Å². The normalized spacial score (nSPS) is 12.3. The van der Waals surface area contributed by atoms with Gasteiger partial charge in [-0.1, -0.05) is 58.5 Å². The zero-order valence-electron chi connectivity index (χ0n) is 14.0. The summed E-state index contributed by atoms with van der Waals surface area (Å²) >= 11 is 24.8. The third-order valence-corrected chi connectivity index (χ3v) is 5.01. The fourth-order valence-electron chi connectivity index (χ4n) is 2.44. The summed E-state index contributed by atoms with van der Waals surface area (Å²) in [5, 5.41) is 2.25. The molecule has 0 radical (unpaired) electrons. The number of hydrogen-bond donors (Lipinski definition) is 0. The van der Waals surface area contributed by atoms with Crippen LogP contribution in [0, 0.1) is 0 Å². The standard InChI is InChI=1S/C18H14Cl4N2O/c19-12-4-5-13(17(22)8-12)18(9-24-7-6-23-11-24)25-10-14-15(20)2-1-3-16(14)21/h1-8,11,18H,9-10H2/p+1/t18-/m0/s1. The Morgan fingerprint density at radius 3 is 2.44 bits per heavy atom. The maximum Gasteiger partial charge on any atom is 1.00 e. The average molecular weight is 417 g/mol. The van der Waals surface area contributed by atoms with Gasteiger partial charge < -0.3 is 9.30 Å². The van der Waals surface area contributed by atoms with Crippen LogP contribution in [0.1, 0.15) is 18.7 Å². The highest BCUT2D eigenvalue weighted by molar-refractivity contribution is 6.36. The van der Waals surface area contributed by atoms with Crippen LogP contribution >= 0.6 is 46.4 Å². The lowest BCUT2D eigenvalue weighted by atomic mass is 10.1. The van der Waals surface area contributed by atoms with E-state index in [2.05, 4.69) is 4.98 Å². The fraction of sp³-hybridized carbons (Fsp3) is 0.167. The predicted octanol–water partition coefficient (Wildman–Crippen LogP) is 6.57. The highest BCUT2D eigenvalue weighted by Gasteiger charge is 2.18. The second-order valence-corrected chi connectivity index (χ2v) is 7.08. The van der Waals surface area contributed by atoms with E-state index in [1.807, 2.05) is 16.8 Å². The summed E-state index contributed by atoms with van der Waals surface area (Å²) in [5.41, 5.74) is 1.58. The van der Waals surface area contributed by atoms with Crippen molar-refractivity contribution < 1.29 is 6.16 Å². The summed E-state index contributed by atoms with van der Waals surface area (Å²) in [5.74, 6) is 0. The lowest BCUT2D eigenvalue weighted by Crippen LogP contribution is -2.13. The Bertz CT molecular complexity index is 838. The number of ether oxygens (including phenoxy) is 1. The van der Waals surface area contributed by atoms with E-state index in [1.165, 1.54) is 0 Å². The van der Waals surface area contributed by atoms with Crippen LogP contribution in [0.2, 0.25) is 20.1 Å². The topological polar surface area (TPSA) is 27.1 Å². The van der Waals surface area contributed by atoms with Crippen LogP contribution in [0.5, 0.6) is 0 Å². The molecule has 0 aliphatic heterocycles. The summed E-state index contributed by atoms with van der Waals surface area (Å²) in [6.07, 6.45) is 4.99. The molecule has 0 aliphatic rings. The number of imidazole rings is 1. The summed E-state index contributed by atoms with van der Waals surface area (Å²) in [6, 6.07) is 10.7. The molecule has 0 aliphatic carbocycles. The van der Waals surface area contributed by atoms with E-state index < -0.39 is 0 Å². The van der Waals surface area contributed by atoms with E-state index in [4.69, 9.17) is 51.1 Å². The minimum Gasteiger partial charge on any atom is -0.367 e. The van der Waals surface area contributed by atoms with Gasteiger partial charge in [-0.25, -0.2) is 4.98 Å². The average Bonchev–Trinajstić information content (AvgIpc) is 3.06. The summed E-state index contributed by atoms with van der Waals surface area (Å²) in [4.78, 5) is 4.06. The summed E-state index contributed by atoms with van der Waals surface area (Å²) in [7, 11) is 0. The molecule has 0 N–H and O–H groups in total. The highest BCUT2D eigenvalue weighted by atomic mass is 35.5. The Morgan fingerprint density at radius 1 is 1.04 bits per heavy atom. The van der Waals surface area contributed by atoms with Crippen molar-refractivity contribution in [2.45, 2.75) is 19.3 Å². The second kappa shape index (κ2) is 8.43. The molecule has 0 bridgehead atoms. The van der Waals surface area contributed by atoms with Gasteiger partial charge >= 0.3 is 1.43 Å². The van der Waals surface area contributed by atoms with Crippen molar-refractivity contribution >= 4 is 46.4 Å². The molecule has 0 saturated carbocycles. The zero-order chi connectivity index (χ0) is 17.8. The van der Waals surface area contributed by atoms with Crippen LogP contribution in [0.25, 0.3) is 0 Å². The van der Waals surface area contributed by atoms with Gasteiger partial charge in [0.05, 0.1) is 19.5 Å². The number of hydrogen-bond acceptors (Lipinski definition) is 2. The molecule has 7 heteroatoms. The predicted molar refractivity (Wildman–Crippen MR) is 104 cm³/mol. The van der Waals surface area contributed by atoms with Crippen molar-refractivity contribution in [2.24, 2.45) is 0 Å². The molecule has 0 amide bonds. The Balaban J connectivity index is 0.00000243. The molecular weight excluding hydrogens is 402 g/mol. The van der Waals surface area contributed by atoms with Crippen LogP contribution in [0.15, 0.2) is 55.1 Å². The van der Waals surface area contributed by atoms with E-state index >= 15 is 0 Å². The molecule has 0 unspecified atom stereocenters. The molecule has 3 nitrogen and oxygen atoms in total. The third kappa shape index (κ3) is 4.69. The van der Waals surface area contributed by atoms with Crippen molar-refractivity contribution in [2.75, 3.05) is 0 Å². The van der Waals surface area contributed by atoms with Crippen LogP contribution in [-0.4, -0.2) is 9.55 Å². The number of aromatic nitrogens is 2. The maximum atomic E-state index is 6.37. The van der Waals surface area contributed by atoms with Gasteiger partial charge in [0.15, 0.2) is 0 Å². The molecular formula is C18H15Cl4N2O+. The van der Waals surface area contributed by atoms with Gasteiger partial charge in [-0.2, -0.15) is 0 Å². The Kier molecular flexibility index (Phi) is 6.26. The van der Waals surface area contributed by atoms with Gasteiger partial charge in [-0.15, -0.1) is 0 Å². The van der Waals surface area contributed by atoms with Gasteiger partial charge in [-0.3, -0.25) is 0 Å². The van der Waals surface area contributed by atoms with E-state index in [-0.39, 0.29) is 14.1 Å². The summed E-state index contributed by atoms with van der Waals surface area (Å²) in [6.45, 7) is 0.806. The molecule has 1 atom stereocenters. The zero-order valence-corrected chi connectivity index (χ0v) is 16.0. The second-order valence-electron chi connectivity index (χ2n) is 5.43. The van der Waals surface area contributed by atoms with Crippen LogP contribution in [0.4, 0.5) is 0 Å². The lowest BCUT2D eigenvalue weighted by Gasteiger charge is -2.21. The molecule has 25 heavy (non-hydrogen) atoms. The van der Waals surface area contributed by atoms with Crippen molar-refractivity contribution in [3.05, 3.63) is 86.3 Å². The van der Waals surface area contributed by atoms with Gasteiger partial charge in [-0.05, 0) is 24.3 Å². The van der Waals surface area contributed by atoms with Crippen molar-refractivity contribution in [1.82, 2.24) is 9.55 Å². The van der Waals surface area contributed by atoms with E-state index in [9.17, 15) is 0 Å². The smallest absolute Gasteiger partial charge is 0.367 e. The van der Waals surface area contributed by atoms with Gasteiger partial charge in [0.25, 0.3) is 0 Å². The first kappa shape index (κ1) is 18.6. The first-order chi connectivity index (χ1) is 12.0. The number of nitrogens with zero attached hydrogens (tertiary/aromatic N) is 2. The molecule has 130 valence electrons. The Hall–Kier alpha value is -1.23. The fourth-order valence-corrected chi connectivity index (χ4v) is 3.48. The molecule has 3 aromatic rings. The minimum atomic E-state index is -0.314. The number of halogens is 4. The lowest BCUT2D eigenvalue weighted by molar-refractivity contribution is 0.0281. The van der Waals surface area contributed by atoms with Gasteiger partial charge in [0, 0.05) is 43.6 Å². The van der Waals surface area contributed by atoms with Gasteiger partial charge in [0.1, 0.15) is 6.10 Å². The quantitative estimate of drug-likeness (QED) is 0.454. The largest absolute Gasteiger partial charge is 1.00 e. The number of rotatable bonds is 6. The third-order valence-electron chi connectivity index (χ3n) is 3.74. The molecule has 0 spiro atoms. The van der Waals surface area contributed by atoms with Crippen molar-refractivity contribution in [3.63, 3.8) is 0 Å². The Morgan fingerprint density at radius 2 is 1.80 bits per heavy atom. The van der Waals surface area contributed by atoms with Crippen LogP contribution < -0.4 is 0 Å². The molecule has 0 fully saturated rings. The van der Waals surface area contributed by atoms with E-state index in [0.29, 0.717) is 26.6 Å². The van der Waals surface area contributed by atoms with E-state index in [0.717, 1.165) is 11.1 Å². The SMILES string of the molecule is Clc1ccc([C@H](Cn2ccnc2)OCc2c(Cl)cccc2Cl)c(Cl)c1.[H+].